The van der Waals surface area contributed by atoms with E-state index >= 15 is 0 Å². The minimum absolute atomic E-state index is 0.0520. The highest BCUT2D eigenvalue weighted by atomic mass is 16.5. The zero-order valence-corrected chi connectivity index (χ0v) is 13.2. The maximum absolute atomic E-state index is 12.1. The lowest BCUT2D eigenvalue weighted by molar-refractivity contribution is -0.147. The van der Waals surface area contributed by atoms with Gasteiger partial charge in [-0.3, -0.25) is 4.79 Å². The largest absolute Gasteiger partial charge is 0.437 e. The van der Waals surface area contributed by atoms with E-state index in [-0.39, 0.29) is 30.6 Å². The molecule has 0 amide bonds. The van der Waals surface area contributed by atoms with Crippen molar-refractivity contribution < 1.29 is 14.6 Å². The van der Waals surface area contributed by atoms with Crippen LogP contribution >= 0.6 is 0 Å². The van der Waals surface area contributed by atoms with E-state index in [2.05, 4.69) is 31.3 Å². The van der Waals surface area contributed by atoms with Gasteiger partial charge in [0.1, 0.15) is 6.92 Å². The van der Waals surface area contributed by atoms with Crippen molar-refractivity contribution in [2.75, 3.05) is 19.7 Å². The third-order valence-electron chi connectivity index (χ3n) is 4.19. The summed E-state index contributed by atoms with van der Waals surface area (Å²) in [4.78, 5) is 14.0. The van der Waals surface area contributed by atoms with Crippen molar-refractivity contribution in [3.05, 3.63) is 42.8 Å². The lowest BCUT2D eigenvalue weighted by atomic mass is 9.86. The number of ether oxygens (including phenoxy) is 1. The molecule has 118 valence electrons. The predicted octanol–water partition coefficient (Wildman–Crippen LogP) is 1.13. The van der Waals surface area contributed by atoms with Crippen molar-refractivity contribution in [1.29, 1.82) is 0 Å². The van der Waals surface area contributed by atoms with Crippen molar-refractivity contribution in [2.45, 2.75) is 25.8 Å². The van der Waals surface area contributed by atoms with Crippen LogP contribution in [0.3, 0.4) is 0 Å². The van der Waals surface area contributed by atoms with Gasteiger partial charge in [0.2, 0.25) is 6.61 Å². The molecule has 0 aromatic heterocycles. The Labute approximate surface area is 132 Å². The molecule has 3 atom stereocenters. The van der Waals surface area contributed by atoms with Gasteiger partial charge in [-0.25, -0.2) is 0 Å². The molecule has 1 aliphatic heterocycles. The van der Waals surface area contributed by atoms with Crippen LogP contribution in [0.5, 0.6) is 0 Å². The molecule has 0 unspecified atom stereocenters. The summed E-state index contributed by atoms with van der Waals surface area (Å²) < 4.78 is 5.07. The summed E-state index contributed by atoms with van der Waals surface area (Å²) in [5.41, 5.74) is 1.17. The van der Waals surface area contributed by atoms with Crippen LogP contribution in [0, 0.1) is 12.8 Å². The van der Waals surface area contributed by atoms with Gasteiger partial charge in [0, 0.05) is 25.2 Å². The van der Waals surface area contributed by atoms with E-state index < -0.39 is 7.05 Å². The molecule has 1 aliphatic rings. The number of carbonyl (C=O) groups excluding carboxylic acids is 1. The first-order valence-electron chi connectivity index (χ1n) is 7.72. The molecule has 6 heteroatoms. The molecular weight excluding hydrogens is 279 g/mol. The Morgan fingerprint density at radius 1 is 1.50 bits per heavy atom. The SMILES string of the molecule is [CH2+]COC(=O)[C@H]1CN(B(C)O)C[C@@H]1N[C@@H](C)c1ccccc1. The third kappa shape index (κ3) is 4.03. The Morgan fingerprint density at radius 2 is 2.18 bits per heavy atom. The molecule has 2 rings (SSSR count). The second kappa shape index (κ2) is 7.67. The van der Waals surface area contributed by atoms with Gasteiger partial charge >= 0.3 is 13.0 Å². The Kier molecular flexibility index (Phi) is 5.88. The number of rotatable bonds is 6. The van der Waals surface area contributed by atoms with Crippen molar-refractivity contribution in [3.63, 3.8) is 0 Å². The average molecular weight is 303 g/mol. The Morgan fingerprint density at radius 3 is 2.77 bits per heavy atom. The molecule has 1 aromatic carbocycles. The van der Waals surface area contributed by atoms with Crippen LogP contribution < -0.4 is 5.32 Å². The van der Waals surface area contributed by atoms with Crippen LogP contribution in [-0.2, 0) is 9.53 Å². The van der Waals surface area contributed by atoms with Crippen LogP contribution in [0.15, 0.2) is 30.3 Å². The van der Waals surface area contributed by atoms with E-state index in [0.717, 1.165) is 0 Å². The van der Waals surface area contributed by atoms with E-state index in [4.69, 9.17) is 4.74 Å². The van der Waals surface area contributed by atoms with E-state index in [9.17, 15) is 9.82 Å². The first-order chi connectivity index (χ1) is 10.5. The fourth-order valence-corrected chi connectivity index (χ4v) is 2.91. The molecular formula is C16H24BN2O3+. The van der Waals surface area contributed by atoms with Crippen LogP contribution in [0.2, 0.25) is 6.82 Å². The summed E-state index contributed by atoms with van der Waals surface area (Å²) in [6.45, 7) is 8.59. The molecule has 0 saturated carbocycles. The van der Waals surface area contributed by atoms with Crippen molar-refractivity contribution in [2.24, 2.45) is 5.92 Å². The third-order valence-corrected chi connectivity index (χ3v) is 4.19. The highest BCUT2D eigenvalue weighted by Gasteiger charge is 2.41. The summed E-state index contributed by atoms with van der Waals surface area (Å²) in [6, 6.07) is 10.2. The zero-order chi connectivity index (χ0) is 16.1. The molecule has 2 N–H and O–H groups in total. The normalized spacial score (nSPS) is 23.2. The van der Waals surface area contributed by atoms with Crippen molar-refractivity contribution in [3.8, 4) is 0 Å². The highest BCUT2D eigenvalue weighted by molar-refractivity contribution is 6.45. The smallest absolute Gasteiger partial charge is 0.376 e. The average Bonchev–Trinajstić information content (AvgIpc) is 2.92. The number of nitrogens with zero attached hydrogens (tertiary/aromatic N) is 1. The topological polar surface area (TPSA) is 61.8 Å². The van der Waals surface area contributed by atoms with Gasteiger partial charge in [0.15, 0.2) is 0 Å². The molecule has 0 radical (unpaired) electrons. The fraction of sp³-hybridized carbons (Fsp3) is 0.500. The maximum Gasteiger partial charge on any atom is 0.376 e. The minimum Gasteiger partial charge on any atom is -0.437 e. The molecule has 5 nitrogen and oxygen atoms in total. The molecule has 0 aliphatic carbocycles. The molecule has 1 heterocycles. The van der Waals surface area contributed by atoms with Gasteiger partial charge in [-0.15, -0.1) is 0 Å². The molecule has 0 spiro atoms. The van der Waals surface area contributed by atoms with Crippen molar-refractivity contribution >= 4 is 13.0 Å². The molecule has 22 heavy (non-hydrogen) atoms. The maximum atomic E-state index is 12.1. The van der Waals surface area contributed by atoms with Gasteiger partial charge in [-0.1, -0.05) is 30.3 Å². The van der Waals surface area contributed by atoms with Gasteiger partial charge in [-0.2, -0.15) is 0 Å². The Balaban J connectivity index is 2.06. The standard InChI is InChI=1S/C16H24BN2O3/c1-4-22-16(20)14-10-19(17(3)21)11-15(14)18-12(2)13-8-6-5-7-9-13/h5-9,12,14-15,18,21H,1,4,10-11H2,2-3H3/q+1/t12-,14-,15-/m0/s1. The molecule has 1 aromatic rings. The number of esters is 1. The van der Waals surface area contributed by atoms with E-state index in [1.54, 1.807) is 6.82 Å². The quantitative estimate of drug-likeness (QED) is 0.468. The Hall–Kier alpha value is -1.50. The summed E-state index contributed by atoms with van der Waals surface area (Å²) in [7, 11) is -0.575. The molecule has 1 fully saturated rings. The molecule has 1 saturated heterocycles. The first kappa shape index (κ1) is 16.9. The van der Waals surface area contributed by atoms with Gasteiger partial charge < -0.3 is 19.9 Å². The number of benzene rings is 1. The van der Waals surface area contributed by atoms with Crippen LogP contribution in [0.4, 0.5) is 0 Å². The minimum atomic E-state index is -0.575. The summed E-state index contributed by atoms with van der Waals surface area (Å²) in [5, 5.41) is 13.3. The Bertz CT molecular complexity index is 484. The fourth-order valence-electron chi connectivity index (χ4n) is 2.91. The van der Waals surface area contributed by atoms with Gasteiger partial charge in [0.05, 0.1) is 5.92 Å². The highest BCUT2D eigenvalue weighted by Crippen LogP contribution is 2.23. The summed E-state index contributed by atoms with van der Waals surface area (Å²) >= 11 is 0. The monoisotopic (exact) mass is 303 g/mol. The lowest BCUT2D eigenvalue weighted by Crippen LogP contribution is -2.42. The zero-order valence-electron chi connectivity index (χ0n) is 13.2. The second-order valence-electron chi connectivity index (χ2n) is 5.77. The summed E-state index contributed by atoms with van der Waals surface area (Å²) in [6.07, 6.45) is 0. The van der Waals surface area contributed by atoms with Crippen LogP contribution in [-0.4, -0.2) is 48.6 Å². The van der Waals surface area contributed by atoms with E-state index in [0.29, 0.717) is 13.1 Å². The molecule has 0 bridgehead atoms. The van der Waals surface area contributed by atoms with E-state index in [1.807, 2.05) is 23.0 Å². The number of hydrogen-bond acceptors (Lipinski definition) is 5. The van der Waals surface area contributed by atoms with Crippen molar-refractivity contribution in [1.82, 2.24) is 10.1 Å². The first-order valence-corrected chi connectivity index (χ1v) is 7.72. The van der Waals surface area contributed by atoms with Crippen LogP contribution in [0.1, 0.15) is 18.5 Å². The predicted molar refractivity (Wildman–Crippen MR) is 87.0 cm³/mol. The van der Waals surface area contributed by atoms with Gasteiger partial charge in [-0.05, 0) is 19.3 Å². The summed E-state index contributed by atoms with van der Waals surface area (Å²) in [5.74, 6) is -0.543. The van der Waals surface area contributed by atoms with E-state index in [1.165, 1.54) is 5.56 Å². The number of hydrogen-bond donors (Lipinski definition) is 2. The number of nitrogens with one attached hydrogen (secondary N) is 1. The lowest BCUT2D eigenvalue weighted by Gasteiger charge is -2.23. The van der Waals surface area contributed by atoms with Gasteiger partial charge in [0.25, 0.3) is 0 Å². The van der Waals surface area contributed by atoms with Crippen LogP contribution in [0.25, 0.3) is 0 Å². The number of carbonyl (C=O) groups is 1. The second-order valence-corrected chi connectivity index (χ2v) is 5.77.